The number of aliphatic hydroxyl groups is 2. The van der Waals surface area contributed by atoms with Gasteiger partial charge in [0, 0.05) is 0 Å². The fourth-order valence-corrected chi connectivity index (χ4v) is 1.49. The van der Waals surface area contributed by atoms with E-state index in [4.69, 9.17) is 9.47 Å². The van der Waals surface area contributed by atoms with Crippen LogP contribution in [-0.4, -0.2) is 53.9 Å². The van der Waals surface area contributed by atoms with Gasteiger partial charge < -0.3 is 25.0 Å². The van der Waals surface area contributed by atoms with Gasteiger partial charge in [0.2, 0.25) is 5.91 Å². The molecule has 0 saturated carbocycles. The molecular formula is C7H11NO5. The van der Waals surface area contributed by atoms with Gasteiger partial charge in [-0.3, -0.25) is 4.79 Å². The lowest BCUT2D eigenvalue weighted by Gasteiger charge is -2.40. The average Bonchev–Trinajstić information content (AvgIpc) is 2.12. The number of carbonyl (C=O) groups excluding carboxylic acids is 1. The van der Waals surface area contributed by atoms with Crippen molar-refractivity contribution in [3.05, 3.63) is 0 Å². The largest absolute Gasteiger partial charge is 0.388 e. The molecule has 2 rings (SSSR count). The summed E-state index contributed by atoms with van der Waals surface area (Å²) in [6.07, 6.45) is -2.64. The summed E-state index contributed by atoms with van der Waals surface area (Å²) < 4.78 is 10.1. The Morgan fingerprint density at radius 1 is 1.38 bits per heavy atom. The Labute approximate surface area is 74.4 Å². The summed E-state index contributed by atoms with van der Waals surface area (Å²) in [4.78, 5) is 10.9. The van der Waals surface area contributed by atoms with E-state index in [-0.39, 0.29) is 19.1 Å². The molecule has 2 fully saturated rings. The normalized spacial score (nSPS) is 45.2. The molecule has 2 saturated heterocycles. The van der Waals surface area contributed by atoms with Crippen LogP contribution in [0.3, 0.4) is 0 Å². The maximum Gasteiger partial charge on any atom is 0.246 e. The van der Waals surface area contributed by atoms with Crippen molar-refractivity contribution in [2.45, 2.75) is 24.5 Å². The van der Waals surface area contributed by atoms with Gasteiger partial charge >= 0.3 is 0 Å². The summed E-state index contributed by atoms with van der Waals surface area (Å²) in [5.41, 5.74) is 0. The van der Waals surface area contributed by atoms with Crippen LogP contribution in [0.25, 0.3) is 0 Å². The van der Waals surface area contributed by atoms with E-state index in [0.29, 0.717) is 0 Å². The van der Waals surface area contributed by atoms with Crippen LogP contribution in [0.2, 0.25) is 0 Å². The topological polar surface area (TPSA) is 88.0 Å². The Morgan fingerprint density at radius 2 is 2.15 bits per heavy atom. The Hall–Kier alpha value is -0.690. The number of amides is 1. The molecule has 74 valence electrons. The highest BCUT2D eigenvalue weighted by molar-refractivity contribution is 5.78. The Bertz CT molecular complexity index is 219. The number of carbonyl (C=O) groups is 1. The number of aliphatic hydroxyl groups excluding tert-OH is 2. The SMILES string of the molecule is O=C1COC2OCC(O)C(O)C2N1. The summed E-state index contributed by atoms with van der Waals surface area (Å²) in [6.45, 7) is -0.0395. The van der Waals surface area contributed by atoms with Crippen LogP contribution < -0.4 is 5.32 Å². The average molecular weight is 189 g/mol. The van der Waals surface area contributed by atoms with Crippen molar-refractivity contribution in [2.24, 2.45) is 0 Å². The number of hydrogen-bond donors (Lipinski definition) is 3. The molecule has 4 atom stereocenters. The van der Waals surface area contributed by atoms with Crippen LogP contribution in [0.15, 0.2) is 0 Å². The van der Waals surface area contributed by atoms with E-state index in [1.54, 1.807) is 0 Å². The van der Waals surface area contributed by atoms with Gasteiger partial charge in [-0.1, -0.05) is 0 Å². The monoisotopic (exact) mass is 189 g/mol. The van der Waals surface area contributed by atoms with Crippen molar-refractivity contribution < 1.29 is 24.5 Å². The zero-order valence-electron chi connectivity index (χ0n) is 6.84. The van der Waals surface area contributed by atoms with Gasteiger partial charge in [-0.25, -0.2) is 0 Å². The van der Waals surface area contributed by atoms with Crippen molar-refractivity contribution in [3.63, 3.8) is 0 Å². The van der Waals surface area contributed by atoms with E-state index in [9.17, 15) is 15.0 Å². The molecule has 6 heteroatoms. The smallest absolute Gasteiger partial charge is 0.246 e. The zero-order chi connectivity index (χ0) is 9.42. The highest BCUT2D eigenvalue weighted by Gasteiger charge is 2.42. The molecule has 1 amide bonds. The predicted molar refractivity (Wildman–Crippen MR) is 39.6 cm³/mol. The molecule has 13 heavy (non-hydrogen) atoms. The lowest BCUT2D eigenvalue weighted by atomic mass is 10.0. The molecule has 4 unspecified atom stereocenters. The van der Waals surface area contributed by atoms with E-state index in [1.165, 1.54) is 0 Å². The summed E-state index contributed by atoms with van der Waals surface area (Å²) in [6, 6.07) is -0.662. The van der Waals surface area contributed by atoms with Gasteiger partial charge in [0.1, 0.15) is 24.9 Å². The quantitative estimate of drug-likeness (QED) is 0.394. The lowest BCUT2D eigenvalue weighted by Crippen LogP contribution is -2.64. The Balaban J connectivity index is 2.08. The highest BCUT2D eigenvalue weighted by Crippen LogP contribution is 2.18. The van der Waals surface area contributed by atoms with Gasteiger partial charge in [0.15, 0.2) is 6.29 Å². The predicted octanol–water partition coefficient (Wildman–Crippen LogP) is -2.42. The second kappa shape index (κ2) is 3.22. The number of ether oxygens (including phenoxy) is 2. The fraction of sp³-hybridized carbons (Fsp3) is 0.857. The van der Waals surface area contributed by atoms with Crippen LogP contribution in [0.5, 0.6) is 0 Å². The van der Waals surface area contributed by atoms with Crippen LogP contribution in [0.4, 0.5) is 0 Å². The van der Waals surface area contributed by atoms with E-state index in [0.717, 1.165) is 0 Å². The molecule has 6 nitrogen and oxygen atoms in total. The molecule has 0 radical (unpaired) electrons. The third-order valence-corrected chi connectivity index (χ3v) is 2.19. The summed E-state index contributed by atoms with van der Waals surface area (Å²) in [7, 11) is 0. The Morgan fingerprint density at radius 3 is 2.92 bits per heavy atom. The molecule has 0 aromatic carbocycles. The number of fused-ring (bicyclic) bond motifs is 1. The highest BCUT2D eigenvalue weighted by atomic mass is 16.7. The number of hydrogen-bond acceptors (Lipinski definition) is 5. The molecule has 0 aromatic rings. The van der Waals surface area contributed by atoms with E-state index < -0.39 is 24.5 Å². The van der Waals surface area contributed by atoms with Gasteiger partial charge in [-0.05, 0) is 0 Å². The van der Waals surface area contributed by atoms with Crippen LogP contribution >= 0.6 is 0 Å². The molecule has 0 spiro atoms. The molecule has 0 aromatic heterocycles. The van der Waals surface area contributed by atoms with E-state index >= 15 is 0 Å². The first-order chi connectivity index (χ1) is 6.18. The summed E-state index contributed by atoms with van der Waals surface area (Å²) >= 11 is 0. The first-order valence-electron chi connectivity index (χ1n) is 4.07. The van der Waals surface area contributed by atoms with Crippen molar-refractivity contribution in [1.82, 2.24) is 5.32 Å². The number of nitrogens with one attached hydrogen (secondary N) is 1. The van der Waals surface area contributed by atoms with Gasteiger partial charge in [-0.15, -0.1) is 0 Å². The molecule has 0 aliphatic carbocycles. The second-order valence-corrected chi connectivity index (χ2v) is 3.16. The second-order valence-electron chi connectivity index (χ2n) is 3.16. The fourth-order valence-electron chi connectivity index (χ4n) is 1.49. The van der Waals surface area contributed by atoms with Crippen molar-refractivity contribution in [2.75, 3.05) is 13.2 Å². The van der Waals surface area contributed by atoms with Crippen molar-refractivity contribution in [3.8, 4) is 0 Å². The first-order valence-corrected chi connectivity index (χ1v) is 4.07. The van der Waals surface area contributed by atoms with Crippen LogP contribution in [0, 0.1) is 0 Å². The minimum Gasteiger partial charge on any atom is -0.388 e. The number of morpholine rings is 1. The molecule has 2 aliphatic heterocycles. The summed E-state index contributed by atoms with van der Waals surface area (Å²) in [5.74, 6) is -0.307. The van der Waals surface area contributed by atoms with Gasteiger partial charge in [0.05, 0.1) is 6.61 Å². The maximum atomic E-state index is 10.9. The molecule has 0 bridgehead atoms. The van der Waals surface area contributed by atoms with Gasteiger partial charge in [0.25, 0.3) is 0 Å². The molecular weight excluding hydrogens is 178 g/mol. The lowest BCUT2D eigenvalue weighted by molar-refractivity contribution is -0.244. The Kier molecular flexibility index (Phi) is 2.20. The standard InChI is InChI=1S/C7H11NO5/c9-3-1-12-7-5(6(3)11)8-4(10)2-13-7/h3,5-7,9,11H,1-2H2,(H,8,10). The third-order valence-electron chi connectivity index (χ3n) is 2.19. The van der Waals surface area contributed by atoms with E-state index in [1.807, 2.05) is 0 Å². The maximum absolute atomic E-state index is 10.9. The van der Waals surface area contributed by atoms with E-state index in [2.05, 4.69) is 5.32 Å². The number of rotatable bonds is 0. The third kappa shape index (κ3) is 1.53. The van der Waals surface area contributed by atoms with Crippen molar-refractivity contribution >= 4 is 5.91 Å². The molecule has 2 heterocycles. The van der Waals surface area contributed by atoms with Gasteiger partial charge in [-0.2, -0.15) is 0 Å². The first kappa shape index (κ1) is 8.89. The molecule has 2 aliphatic rings. The zero-order valence-corrected chi connectivity index (χ0v) is 6.84. The molecule has 3 N–H and O–H groups in total. The summed E-state index contributed by atoms with van der Waals surface area (Å²) in [5, 5.41) is 21.2. The minimum absolute atomic E-state index is 0.0260. The van der Waals surface area contributed by atoms with Crippen LogP contribution in [0.1, 0.15) is 0 Å². The van der Waals surface area contributed by atoms with Crippen LogP contribution in [-0.2, 0) is 14.3 Å². The minimum atomic E-state index is -1.03. The van der Waals surface area contributed by atoms with Crippen molar-refractivity contribution in [1.29, 1.82) is 0 Å².